The molecule has 3 aromatic rings. The minimum Gasteiger partial charge on any atom is -0.497 e. The van der Waals surface area contributed by atoms with Crippen molar-refractivity contribution in [2.24, 2.45) is 0 Å². The SMILES string of the molecule is CCCSc1nc(N2CCCCC2)c2cnn(CCNC(=O)c3ccc(OC)cc3OC)c2n1. The number of benzene rings is 1. The molecule has 0 unspecified atom stereocenters. The molecule has 10 heteroatoms. The Morgan fingerprint density at radius 2 is 1.97 bits per heavy atom. The van der Waals surface area contributed by atoms with Crippen LogP contribution in [0.1, 0.15) is 43.0 Å². The molecular weight excluding hydrogens is 452 g/mol. The molecule has 4 rings (SSSR count). The Bertz CT molecular complexity index is 1130. The smallest absolute Gasteiger partial charge is 0.255 e. The zero-order valence-electron chi connectivity index (χ0n) is 20.0. The third-order valence-electron chi connectivity index (χ3n) is 5.81. The van der Waals surface area contributed by atoms with E-state index in [0.717, 1.165) is 47.3 Å². The van der Waals surface area contributed by atoms with Crippen LogP contribution in [0.4, 0.5) is 5.82 Å². The molecule has 0 atom stereocenters. The number of carbonyl (C=O) groups is 1. The Labute approximate surface area is 204 Å². The summed E-state index contributed by atoms with van der Waals surface area (Å²) in [6, 6.07) is 5.14. The van der Waals surface area contributed by atoms with Gasteiger partial charge < -0.3 is 19.7 Å². The van der Waals surface area contributed by atoms with Gasteiger partial charge in [0.1, 0.15) is 17.3 Å². The molecule has 1 N–H and O–H groups in total. The number of piperidine rings is 1. The van der Waals surface area contributed by atoms with E-state index in [1.54, 1.807) is 37.1 Å². The summed E-state index contributed by atoms with van der Waals surface area (Å²) in [7, 11) is 3.12. The van der Waals surface area contributed by atoms with E-state index in [1.807, 2.05) is 10.9 Å². The van der Waals surface area contributed by atoms with Gasteiger partial charge >= 0.3 is 0 Å². The number of hydrogen-bond acceptors (Lipinski definition) is 8. The molecule has 182 valence electrons. The fourth-order valence-electron chi connectivity index (χ4n) is 4.05. The summed E-state index contributed by atoms with van der Waals surface area (Å²) in [5.74, 6) is 2.84. The monoisotopic (exact) mass is 484 g/mol. The lowest BCUT2D eigenvalue weighted by Crippen LogP contribution is -2.30. The summed E-state index contributed by atoms with van der Waals surface area (Å²) in [6.45, 7) is 5.08. The molecule has 9 nitrogen and oxygen atoms in total. The van der Waals surface area contributed by atoms with Crippen LogP contribution in [0.15, 0.2) is 29.6 Å². The number of nitrogens with one attached hydrogen (secondary N) is 1. The van der Waals surface area contributed by atoms with Crippen LogP contribution in [-0.2, 0) is 6.54 Å². The number of nitrogens with zero attached hydrogens (tertiary/aromatic N) is 5. The van der Waals surface area contributed by atoms with Crippen LogP contribution in [0.25, 0.3) is 11.0 Å². The summed E-state index contributed by atoms with van der Waals surface area (Å²) in [4.78, 5) is 24.8. The van der Waals surface area contributed by atoms with E-state index in [4.69, 9.17) is 19.4 Å². The Kier molecular flexibility index (Phi) is 8.10. The lowest BCUT2D eigenvalue weighted by atomic mass is 10.1. The van der Waals surface area contributed by atoms with Gasteiger partial charge in [-0.3, -0.25) is 4.79 Å². The van der Waals surface area contributed by atoms with Crippen LogP contribution in [0.5, 0.6) is 11.5 Å². The van der Waals surface area contributed by atoms with Crippen LogP contribution in [-0.4, -0.2) is 65.3 Å². The summed E-state index contributed by atoms with van der Waals surface area (Å²) < 4.78 is 12.4. The van der Waals surface area contributed by atoms with E-state index in [0.29, 0.717) is 30.2 Å². The molecular formula is C24H32N6O3S. The number of rotatable bonds is 10. The van der Waals surface area contributed by atoms with Crippen molar-refractivity contribution < 1.29 is 14.3 Å². The molecule has 1 amide bonds. The number of aromatic nitrogens is 4. The van der Waals surface area contributed by atoms with Crippen LogP contribution in [0.2, 0.25) is 0 Å². The molecule has 1 fully saturated rings. The molecule has 1 aromatic carbocycles. The second kappa shape index (κ2) is 11.4. The fourth-order valence-corrected chi connectivity index (χ4v) is 4.73. The largest absolute Gasteiger partial charge is 0.497 e. The highest BCUT2D eigenvalue weighted by atomic mass is 32.2. The summed E-state index contributed by atoms with van der Waals surface area (Å²) in [6.07, 6.45) is 6.53. The fraction of sp³-hybridized carbons (Fsp3) is 0.500. The highest BCUT2D eigenvalue weighted by molar-refractivity contribution is 7.99. The van der Waals surface area contributed by atoms with Crippen molar-refractivity contribution in [2.45, 2.75) is 44.3 Å². The molecule has 1 aliphatic rings. The molecule has 0 spiro atoms. The van der Waals surface area contributed by atoms with E-state index in [9.17, 15) is 4.79 Å². The van der Waals surface area contributed by atoms with E-state index in [-0.39, 0.29) is 5.91 Å². The molecule has 3 heterocycles. The minimum atomic E-state index is -0.209. The van der Waals surface area contributed by atoms with E-state index < -0.39 is 0 Å². The van der Waals surface area contributed by atoms with Crippen molar-refractivity contribution in [3.8, 4) is 11.5 Å². The third kappa shape index (κ3) is 5.38. The van der Waals surface area contributed by atoms with Crippen molar-refractivity contribution in [1.29, 1.82) is 0 Å². The highest BCUT2D eigenvalue weighted by Crippen LogP contribution is 2.29. The van der Waals surface area contributed by atoms with Crippen LogP contribution >= 0.6 is 11.8 Å². The number of methoxy groups -OCH3 is 2. The Morgan fingerprint density at radius 1 is 1.15 bits per heavy atom. The van der Waals surface area contributed by atoms with Gasteiger partial charge in [0.05, 0.1) is 37.9 Å². The van der Waals surface area contributed by atoms with E-state index in [1.165, 1.54) is 26.4 Å². The summed E-state index contributed by atoms with van der Waals surface area (Å²) >= 11 is 1.67. The van der Waals surface area contributed by atoms with E-state index >= 15 is 0 Å². The number of thioether (sulfide) groups is 1. The van der Waals surface area contributed by atoms with Gasteiger partial charge in [-0.15, -0.1) is 0 Å². The first-order valence-electron chi connectivity index (χ1n) is 11.8. The van der Waals surface area contributed by atoms with Gasteiger partial charge in [-0.2, -0.15) is 5.10 Å². The Morgan fingerprint density at radius 3 is 2.71 bits per heavy atom. The zero-order valence-corrected chi connectivity index (χ0v) is 20.9. The summed E-state index contributed by atoms with van der Waals surface area (Å²) in [5, 5.41) is 9.29. The minimum absolute atomic E-state index is 0.209. The Balaban J connectivity index is 1.51. The van der Waals surface area contributed by atoms with E-state index in [2.05, 4.69) is 22.2 Å². The van der Waals surface area contributed by atoms with Crippen molar-refractivity contribution in [1.82, 2.24) is 25.1 Å². The number of ether oxygens (including phenoxy) is 2. The van der Waals surface area contributed by atoms with Gasteiger partial charge in [-0.25, -0.2) is 14.6 Å². The van der Waals surface area contributed by atoms with Crippen molar-refractivity contribution in [2.75, 3.05) is 44.5 Å². The van der Waals surface area contributed by atoms with Crippen molar-refractivity contribution in [3.63, 3.8) is 0 Å². The number of amides is 1. The second-order valence-corrected chi connectivity index (χ2v) is 9.22. The van der Waals surface area contributed by atoms with Gasteiger partial charge in [0.15, 0.2) is 10.8 Å². The first-order chi connectivity index (χ1) is 16.6. The molecule has 0 bridgehead atoms. The second-order valence-electron chi connectivity index (χ2n) is 8.15. The van der Waals surface area contributed by atoms with Crippen LogP contribution in [0.3, 0.4) is 0 Å². The average Bonchev–Trinajstić information content (AvgIpc) is 3.29. The normalized spacial score (nSPS) is 13.8. The molecule has 2 aromatic heterocycles. The molecule has 0 saturated carbocycles. The van der Waals surface area contributed by atoms with Crippen molar-refractivity contribution >= 4 is 34.5 Å². The third-order valence-corrected chi connectivity index (χ3v) is 6.86. The first-order valence-corrected chi connectivity index (χ1v) is 12.7. The highest BCUT2D eigenvalue weighted by Gasteiger charge is 2.20. The van der Waals surface area contributed by atoms with Gasteiger partial charge in [-0.1, -0.05) is 18.7 Å². The quantitative estimate of drug-likeness (QED) is 0.343. The maximum absolute atomic E-state index is 12.8. The molecule has 0 aliphatic carbocycles. The number of hydrogen-bond donors (Lipinski definition) is 1. The topological polar surface area (TPSA) is 94.4 Å². The number of fused-ring (bicyclic) bond motifs is 1. The molecule has 1 saturated heterocycles. The van der Waals surface area contributed by atoms with Crippen molar-refractivity contribution in [3.05, 3.63) is 30.0 Å². The Hall–Kier alpha value is -3.01. The van der Waals surface area contributed by atoms with Crippen LogP contribution in [0, 0.1) is 0 Å². The van der Waals surface area contributed by atoms with Gasteiger partial charge in [0.2, 0.25) is 0 Å². The van der Waals surface area contributed by atoms with Gasteiger partial charge in [0, 0.05) is 31.5 Å². The molecule has 0 radical (unpaired) electrons. The summed E-state index contributed by atoms with van der Waals surface area (Å²) in [5.41, 5.74) is 1.27. The van der Waals surface area contributed by atoms with Gasteiger partial charge in [-0.05, 0) is 37.8 Å². The predicted octanol–water partition coefficient (Wildman–Crippen LogP) is 3.77. The maximum atomic E-state index is 12.8. The average molecular weight is 485 g/mol. The van der Waals surface area contributed by atoms with Gasteiger partial charge in [0.25, 0.3) is 5.91 Å². The molecule has 1 aliphatic heterocycles. The lowest BCUT2D eigenvalue weighted by molar-refractivity contribution is 0.0949. The standard InChI is InChI=1S/C24H32N6O3S/c1-4-14-34-24-27-21(29-11-6-5-7-12-29)19-16-26-30(22(19)28-24)13-10-25-23(31)18-9-8-17(32-2)15-20(18)33-3/h8-9,15-16H,4-7,10-14H2,1-3H3,(H,25,31). The number of anilines is 1. The zero-order chi connectivity index (χ0) is 23.9. The molecule has 34 heavy (non-hydrogen) atoms. The van der Waals surface area contributed by atoms with Crippen LogP contribution < -0.4 is 19.7 Å². The number of carbonyl (C=O) groups excluding carboxylic acids is 1. The maximum Gasteiger partial charge on any atom is 0.255 e. The first kappa shape index (κ1) is 24.1. The lowest BCUT2D eigenvalue weighted by Gasteiger charge is -2.28. The predicted molar refractivity (Wildman–Crippen MR) is 134 cm³/mol.